The highest BCUT2D eigenvalue weighted by molar-refractivity contribution is 6.30. The van der Waals surface area contributed by atoms with Crippen LogP contribution in [-0.2, 0) is 4.79 Å². The molecule has 0 aliphatic carbocycles. The van der Waals surface area contributed by atoms with E-state index < -0.39 is 0 Å². The summed E-state index contributed by atoms with van der Waals surface area (Å²) in [6.07, 6.45) is 3.56. The van der Waals surface area contributed by atoms with Gasteiger partial charge in [-0.25, -0.2) is 4.68 Å². The summed E-state index contributed by atoms with van der Waals surface area (Å²) < 4.78 is 1.75. The zero-order valence-corrected chi connectivity index (χ0v) is 13.0. The lowest BCUT2D eigenvalue weighted by Crippen LogP contribution is -2.22. The van der Waals surface area contributed by atoms with Crippen LogP contribution in [0, 0.1) is 0 Å². The van der Waals surface area contributed by atoms with Crippen LogP contribution in [0.2, 0.25) is 5.02 Å². The number of halogens is 1. The van der Waals surface area contributed by atoms with Crippen LogP contribution in [-0.4, -0.2) is 22.2 Å². The predicted octanol–water partition coefficient (Wildman–Crippen LogP) is 3.58. The average molecular weight is 327 g/mol. The van der Waals surface area contributed by atoms with E-state index in [1.54, 1.807) is 35.1 Å². The first-order valence-electron chi connectivity index (χ1n) is 7.11. The molecule has 0 spiro atoms. The molecule has 1 amide bonds. The summed E-state index contributed by atoms with van der Waals surface area (Å²) in [6.45, 7) is 0.144. The van der Waals surface area contributed by atoms with Crippen LogP contribution in [0.15, 0.2) is 67.0 Å². The van der Waals surface area contributed by atoms with Crippen molar-refractivity contribution < 1.29 is 4.79 Å². The Balaban J connectivity index is 1.66. The first kappa shape index (κ1) is 15.1. The van der Waals surface area contributed by atoms with E-state index in [2.05, 4.69) is 15.7 Å². The molecule has 0 saturated heterocycles. The fraction of sp³-hybridized carbons (Fsp3) is 0.0588. The molecule has 23 heavy (non-hydrogen) atoms. The maximum absolute atomic E-state index is 12.1. The predicted molar refractivity (Wildman–Crippen MR) is 92.1 cm³/mol. The normalized spacial score (nSPS) is 10.3. The molecule has 2 aromatic carbocycles. The van der Waals surface area contributed by atoms with E-state index in [-0.39, 0.29) is 12.5 Å². The fourth-order valence-corrected chi connectivity index (χ4v) is 2.37. The van der Waals surface area contributed by atoms with E-state index in [9.17, 15) is 4.79 Å². The van der Waals surface area contributed by atoms with Gasteiger partial charge < -0.3 is 10.6 Å². The van der Waals surface area contributed by atoms with Gasteiger partial charge in [-0.05, 0) is 36.4 Å². The molecular weight excluding hydrogens is 312 g/mol. The number of nitrogens with one attached hydrogen (secondary N) is 2. The van der Waals surface area contributed by atoms with Gasteiger partial charge in [0.25, 0.3) is 0 Å². The van der Waals surface area contributed by atoms with Crippen molar-refractivity contribution in [2.45, 2.75) is 0 Å². The first-order valence-corrected chi connectivity index (χ1v) is 7.48. The van der Waals surface area contributed by atoms with Gasteiger partial charge in [0, 0.05) is 23.1 Å². The van der Waals surface area contributed by atoms with E-state index in [0.717, 1.165) is 11.4 Å². The van der Waals surface area contributed by atoms with Crippen molar-refractivity contribution in [2.75, 3.05) is 17.2 Å². The standard InChI is InChI=1S/C17H15ClN4O/c18-13-5-3-6-14(11-13)21-17(23)12-19-15-7-1-2-8-16(15)22-10-4-9-20-22/h1-11,19H,12H2,(H,21,23). The smallest absolute Gasteiger partial charge is 0.243 e. The van der Waals surface area contributed by atoms with Crippen LogP contribution < -0.4 is 10.6 Å². The summed E-state index contributed by atoms with van der Waals surface area (Å²) in [5, 5.41) is 10.7. The third-order valence-electron chi connectivity index (χ3n) is 3.20. The topological polar surface area (TPSA) is 59.0 Å². The monoisotopic (exact) mass is 326 g/mol. The van der Waals surface area contributed by atoms with E-state index in [0.29, 0.717) is 10.7 Å². The molecular formula is C17H15ClN4O. The molecule has 0 fully saturated rings. The minimum absolute atomic E-state index is 0.144. The average Bonchev–Trinajstić information content (AvgIpc) is 3.07. The summed E-state index contributed by atoms with van der Waals surface area (Å²) in [5.74, 6) is -0.150. The van der Waals surface area contributed by atoms with Crippen LogP contribution in [0.3, 0.4) is 0 Å². The number of benzene rings is 2. The minimum atomic E-state index is -0.150. The number of nitrogens with zero attached hydrogens (tertiary/aromatic N) is 2. The van der Waals surface area contributed by atoms with Gasteiger partial charge in [0.05, 0.1) is 17.9 Å². The summed E-state index contributed by atoms with van der Waals surface area (Å²) in [4.78, 5) is 12.1. The van der Waals surface area contributed by atoms with Crippen molar-refractivity contribution in [3.8, 4) is 5.69 Å². The number of amides is 1. The van der Waals surface area contributed by atoms with Crippen LogP contribution in [0.25, 0.3) is 5.69 Å². The Kier molecular flexibility index (Phi) is 4.59. The van der Waals surface area contributed by atoms with E-state index in [4.69, 9.17) is 11.6 Å². The second-order valence-electron chi connectivity index (χ2n) is 4.88. The molecule has 0 saturated carbocycles. The highest BCUT2D eigenvalue weighted by atomic mass is 35.5. The number of hydrogen-bond acceptors (Lipinski definition) is 3. The molecule has 0 aliphatic heterocycles. The van der Waals surface area contributed by atoms with Gasteiger partial charge >= 0.3 is 0 Å². The Hall–Kier alpha value is -2.79. The van der Waals surface area contributed by atoms with Crippen molar-refractivity contribution in [1.82, 2.24) is 9.78 Å². The van der Waals surface area contributed by atoms with Gasteiger partial charge in [0.15, 0.2) is 0 Å². The lowest BCUT2D eigenvalue weighted by atomic mass is 10.2. The Bertz CT molecular complexity index is 802. The Morgan fingerprint density at radius 3 is 2.78 bits per heavy atom. The van der Waals surface area contributed by atoms with Gasteiger partial charge in [-0.15, -0.1) is 0 Å². The molecule has 3 rings (SSSR count). The highest BCUT2D eigenvalue weighted by Crippen LogP contribution is 2.19. The molecule has 1 aromatic heterocycles. The number of para-hydroxylation sites is 2. The summed E-state index contributed by atoms with van der Waals surface area (Å²) in [5.41, 5.74) is 2.38. The number of aromatic nitrogens is 2. The number of anilines is 2. The molecule has 0 bridgehead atoms. The molecule has 116 valence electrons. The minimum Gasteiger partial charge on any atom is -0.374 e. The molecule has 3 aromatic rings. The Labute approximate surface area is 138 Å². The molecule has 6 heteroatoms. The van der Waals surface area contributed by atoms with Gasteiger partial charge in [-0.1, -0.05) is 29.8 Å². The summed E-state index contributed by atoms with van der Waals surface area (Å²) >= 11 is 5.90. The van der Waals surface area contributed by atoms with E-state index in [1.807, 2.05) is 36.5 Å². The van der Waals surface area contributed by atoms with E-state index >= 15 is 0 Å². The van der Waals surface area contributed by atoms with Gasteiger partial charge in [0.2, 0.25) is 5.91 Å². The first-order chi connectivity index (χ1) is 11.2. The fourth-order valence-electron chi connectivity index (χ4n) is 2.18. The number of carbonyl (C=O) groups excluding carboxylic acids is 1. The van der Waals surface area contributed by atoms with Crippen molar-refractivity contribution in [1.29, 1.82) is 0 Å². The molecule has 0 radical (unpaired) electrons. The van der Waals surface area contributed by atoms with Crippen LogP contribution in [0.5, 0.6) is 0 Å². The van der Waals surface area contributed by atoms with Crippen molar-refractivity contribution in [3.05, 3.63) is 72.0 Å². The molecule has 5 nitrogen and oxygen atoms in total. The van der Waals surface area contributed by atoms with Crippen molar-refractivity contribution in [2.24, 2.45) is 0 Å². The zero-order chi connectivity index (χ0) is 16.1. The van der Waals surface area contributed by atoms with Crippen LogP contribution >= 0.6 is 11.6 Å². The van der Waals surface area contributed by atoms with Crippen LogP contribution in [0.1, 0.15) is 0 Å². The largest absolute Gasteiger partial charge is 0.374 e. The number of hydrogen-bond donors (Lipinski definition) is 2. The quantitative estimate of drug-likeness (QED) is 0.753. The van der Waals surface area contributed by atoms with E-state index in [1.165, 1.54) is 0 Å². The van der Waals surface area contributed by atoms with Crippen molar-refractivity contribution >= 4 is 28.9 Å². The molecule has 0 atom stereocenters. The molecule has 0 aliphatic rings. The summed E-state index contributed by atoms with van der Waals surface area (Å²) in [6, 6.07) is 16.6. The number of carbonyl (C=O) groups is 1. The molecule has 0 unspecified atom stereocenters. The van der Waals surface area contributed by atoms with Crippen molar-refractivity contribution in [3.63, 3.8) is 0 Å². The third-order valence-corrected chi connectivity index (χ3v) is 3.44. The van der Waals surface area contributed by atoms with Gasteiger partial charge in [-0.3, -0.25) is 4.79 Å². The highest BCUT2D eigenvalue weighted by Gasteiger charge is 2.07. The lowest BCUT2D eigenvalue weighted by molar-refractivity contribution is -0.114. The third kappa shape index (κ3) is 3.90. The second kappa shape index (κ2) is 6.98. The van der Waals surface area contributed by atoms with Gasteiger partial charge in [-0.2, -0.15) is 5.10 Å². The maximum atomic E-state index is 12.1. The SMILES string of the molecule is O=C(CNc1ccccc1-n1cccn1)Nc1cccc(Cl)c1. The second-order valence-corrected chi connectivity index (χ2v) is 5.32. The van der Waals surface area contributed by atoms with Gasteiger partial charge in [0.1, 0.15) is 0 Å². The maximum Gasteiger partial charge on any atom is 0.243 e. The molecule has 2 N–H and O–H groups in total. The lowest BCUT2D eigenvalue weighted by Gasteiger charge is -2.12. The van der Waals surface area contributed by atoms with Crippen LogP contribution in [0.4, 0.5) is 11.4 Å². The Morgan fingerprint density at radius 2 is 2.00 bits per heavy atom. The number of rotatable bonds is 5. The Morgan fingerprint density at radius 1 is 1.13 bits per heavy atom. The molecule has 1 heterocycles. The summed E-state index contributed by atoms with van der Waals surface area (Å²) in [7, 11) is 0. The zero-order valence-electron chi connectivity index (χ0n) is 12.2.